The van der Waals surface area contributed by atoms with Crippen LogP contribution in [0.5, 0.6) is 5.75 Å². The number of ether oxygens (including phenoxy) is 1. The second kappa shape index (κ2) is 5.62. The molecule has 0 spiro atoms. The Morgan fingerprint density at radius 1 is 1.15 bits per heavy atom. The summed E-state index contributed by atoms with van der Waals surface area (Å²) in [6.07, 6.45) is -2.16. The van der Waals surface area contributed by atoms with E-state index < -0.39 is 17.6 Å². The van der Waals surface area contributed by atoms with E-state index in [0.717, 1.165) is 6.07 Å². The number of rotatable bonds is 3. The van der Waals surface area contributed by atoms with Crippen molar-refractivity contribution >= 4 is 11.6 Å². The summed E-state index contributed by atoms with van der Waals surface area (Å²) in [5, 5.41) is 0.190. The van der Waals surface area contributed by atoms with Crippen LogP contribution in [-0.4, -0.2) is 9.97 Å². The van der Waals surface area contributed by atoms with Gasteiger partial charge in [0.1, 0.15) is 23.3 Å². The van der Waals surface area contributed by atoms with E-state index in [2.05, 4.69) is 9.97 Å². The minimum Gasteiger partial charge on any atom is -0.487 e. The average molecular weight is 307 g/mol. The van der Waals surface area contributed by atoms with E-state index in [9.17, 15) is 17.6 Å². The number of alkyl halides is 3. The van der Waals surface area contributed by atoms with Gasteiger partial charge in [-0.1, -0.05) is 11.6 Å². The molecular weight excluding hydrogens is 300 g/mol. The zero-order chi connectivity index (χ0) is 14.8. The van der Waals surface area contributed by atoms with Gasteiger partial charge in [0.2, 0.25) is 0 Å². The van der Waals surface area contributed by atoms with E-state index in [4.69, 9.17) is 16.3 Å². The van der Waals surface area contributed by atoms with Crippen molar-refractivity contribution in [3.8, 4) is 5.75 Å². The van der Waals surface area contributed by atoms with Gasteiger partial charge in [-0.25, -0.2) is 9.37 Å². The van der Waals surface area contributed by atoms with E-state index in [1.54, 1.807) is 0 Å². The lowest BCUT2D eigenvalue weighted by molar-refractivity contribution is -0.140. The minimum absolute atomic E-state index is 0.104. The van der Waals surface area contributed by atoms with Crippen molar-refractivity contribution in [3.63, 3.8) is 0 Å². The lowest BCUT2D eigenvalue weighted by Gasteiger charge is -2.11. The molecule has 0 radical (unpaired) electrons. The van der Waals surface area contributed by atoms with Crippen LogP contribution >= 0.6 is 11.6 Å². The number of aromatic nitrogens is 2. The van der Waals surface area contributed by atoms with E-state index in [0.29, 0.717) is 17.8 Å². The van der Waals surface area contributed by atoms with Crippen molar-refractivity contribution < 1.29 is 22.3 Å². The predicted octanol–water partition coefficient (Wildman–Crippen LogP) is 3.87. The van der Waals surface area contributed by atoms with Crippen LogP contribution in [0.4, 0.5) is 17.6 Å². The van der Waals surface area contributed by atoms with Crippen LogP contribution < -0.4 is 4.74 Å². The average Bonchev–Trinajstić information content (AvgIpc) is 2.38. The highest BCUT2D eigenvalue weighted by Gasteiger charge is 2.34. The van der Waals surface area contributed by atoms with Gasteiger partial charge in [0.15, 0.2) is 0 Å². The fraction of sp³-hybridized carbons (Fsp3) is 0.167. The van der Waals surface area contributed by atoms with Crippen LogP contribution in [0.1, 0.15) is 11.3 Å². The smallest absolute Gasteiger partial charge is 0.419 e. The summed E-state index contributed by atoms with van der Waals surface area (Å²) < 4.78 is 55.7. The Hall–Kier alpha value is -1.89. The van der Waals surface area contributed by atoms with Crippen LogP contribution in [-0.2, 0) is 12.8 Å². The standard InChI is InChI=1S/C12H7ClF4N2O/c13-11-5-18-7(4-19-11)6-20-8-1-2-10(14)9(3-8)12(15,16)17/h1-5H,6H2. The SMILES string of the molecule is Fc1ccc(OCc2cnc(Cl)cn2)cc1C(F)(F)F. The number of nitrogens with zero attached hydrogens (tertiary/aromatic N) is 2. The Kier molecular flexibility index (Phi) is 4.08. The zero-order valence-corrected chi connectivity index (χ0v) is 10.5. The first-order valence-electron chi connectivity index (χ1n) is 5.32. The van der Waals surface area contributed by atoms with Crippen LogP contribution in [0.3, 0.4) is 0 Å². The fourth-order valence-electron chi connectivity index (χ4n) is 1.38. The summed E-state index contributed by atoms with van der Waals surface area (Å²) in [6, 6.07) is 2.40. The molecule has 0 atom stereocenters. The molecular formula is C12H7ClF4N2O. The molecule has 8 heteroatoms. The predicted molar refractivity (Wildman–Crippen MR) is 62.8 cm³/mol. The largest absolute Gasteiger partial charge is 0.487 e. The van der Waals surface area contributed by atoms with Gasteiger partial charge in [0.25, 0.3) is 0 Å². The third kappa shape index (κ3) is 3.57. The van der Waals surface area contributed by atoms with Crippen LogP contribution in [0.15, 0.2) is 30.6 Å². The summed E-state index contributed by atoms with van der Waals surface area (Å²) in [4.78, 5) is 7.61. The molecule has 0 unspecified atom stereocenters. The van der Waals surface area contributed by atoms with Gasteiger partial charge in [-0.05, 0) is 18.2 Å². The second-order valence-corrected chi connectivity index (χ2v) is 4.15. The third-order valence-electron chi connectivity index (χ3n) is 2.30. The molecule has 0 N–H and O–H groups in total. The first-order valence-corrected chi connectivity index (χ1v) is 5.70. The fourth-order valence-corrected chi connectivity index (χ4v) is 1.48. The first-order chi connectivity index (χ1) is 9.36. The second-order valence-electron chi connectivity index (χ2n) is 3.76. The molecule has 2 aromatic rings. The Morgan fingerprint density at radius 2 is 1.90 bits per heavy atom. The van der Waals surface area contributed by atoms with Crippen molar-refractivity contribution in [2.45, 2.75) is 12.8 Å². The summed E-state index contributed by atoms with van der Waals surface area (Å²) in [7, 11) is 0. The molecule has 0 saturated carbocycles. The van der Waals surface area contributed by atoms with Crippen LogP contribution in [0.25, 0.3) is 0 Å². The van der Waals surface area contributed by atoms with Gasteiger partial charge >= 0.3 is 6.18 Å². The summed E-state index contributed by atoms with van der Waals surface area (Å²) in [5.74, 6) is -1.47. The van der Waals surface area contributed by atoms with Crippen molar-refractivity contribution in [1.29, 1.82) is 0 Å². The number of benzene rings is 1. The molecule has 1 aromatic heterocycles. The highest BCUT2D eigenvalue weighted by molar-refractivity contribution is 6.29. The first kappa shape index (κ1) is 14.5. The lowest BCUT2D eigenvalue weighted by atomic mass is 10.2. The lowest BCUT2D eigenvalue weighted by Crippen LogP contribution is -2.08. The molecule has 0 fully saturated rings. The summed E-state index contributed by atoms with van der Waals surface area (Å²) in [6.45, 7) is -0.104. The maximum Gasteiger partial charge on any atom is 0.419 e. The van der Waals surface area contributed by atoms with Gasteiger partial charge in [-0.15, -0.1) is 0 Å². The number of hydrogen-bond acceptors (Lipinski definition) is 3. The van der Waals surface area contributed by atoms with E-state index >= 15 is 0 Å². The Bertz CT molecular complexity index is 601. The summed E-state index contributed by atoms with van der Waals surface area (Å²) in [5.41, 5.74) is -0.996. The van der Waals surface area contributed by atoms with E-state index in [1.165, 1.54) is 12.4 Å². The van der Waals surface area contributed by atoms with E-state index in [-0.39, 0.29) is 17.5 Å². The molecule has 2 rings (SSSR count). The molecule has 20 heavy (non-hydrogen) atoms. The normalized spacial score (nSPS) is 11.4. The highest BCUT2D eigenvalue weighted by atomic mass is 35.5. The summed E-state index contributed by atoms with van der Waals surface area (Å²) >= 11 is 5.54. The van der Waals surface area contributed by atoms with E-state index in [1.807, 2.05) is 0 Å². The molecule has 106 valence electrons. The van der Waals surface area contributed by atoms with Crippen LogP contribution in [0, 0.1) is 5.82 Å². The maximum absolute atomic E-state index is 13.1. The maximum atomic E-state index is 13.1. The van der Waals surface area contributed by atoms with Crippen molar-refractivity contribution in [1.82, 2.24) is 9.97 Å². The quantitative estimate of drug-likeness (QED) is 0.808. The van der Waals surface area contributed by atoms with Crippen LogP contribution in [0.2, 0.25) is 5.15 Å². The van der Waals surface area contributed by atoms with Crippen molar-refractivity contribution in [2.75, 3.05) is 0 Å². The van der Waals surface area contributed by atoms with Gasteiger partial charge in [-0.2, -0.15) is 13.2 Å². The van der Waals surface area contributed by atoms with Gasteiger partial charge in [-0.3, -0.25) is 4.98 Å². The molecule has 0 saturated heterocycles. The molecule has 0 amide bonds. The van der Waals surface area contributed by atoms with Crippen molar-refractivity contribution in [3.05, 3.63) is 52.8 Å². The molecule has 3 nitrogen and oxygen atoms in total. The Balaban J connectivity index is 2.12. The molecule has 0 aliphatic heterocycles. The molecule has 0 aliphatic rings. The Labute approximate surface area is 116 Å². The number of halogens is 5. The van der Waals surface area contributed by atoms with Gasteiger partial charge < -0.3 is 4.74 Å². The van der Waals surface area contributed by atoms with Gasteiger partial charge in [0, 0.05) is 0 Å². The molecule has 0 bridgehead atoms. The van der Waals surface area contributed by atoms with Gasteiger partial charge in [0.05, 0.1) is 23.7 Å². The monoisotopic (exact) mass is 306 g/mol. The third-order valence-corrected chi connectivity index (χ3v) is 2.50. The Morgan fingerprint density at radius 3 is 2.50 bits per heavy atom. The topological polar surface area (TPSA) is 35.0 Å². The molecule has 0 aliphatic carbocycles. The number of hydrogen-bond donors (Lipinski definition) is 0. The molecule has 1 heterocycles. The minimum atomic E-state index is -4.77. The zero-order valence-electron chi connectivity index (χ0n) is 9.79. The van der Waals surface area contributed by atoms with Crippen molar-refractivity contribution in [2.24, 2.45) is 0 Å². The highest BCUT2D eigenvalue weighted by Crippen LogP contribution is 2.33. The molecule has 1 aromatic carbocycles.